The molecule has 0 bridgehead atoms. The number of anilines is 2. The summed E-state index contributed by atoms with van der Waals surface area (Å²) in [5, 5.41) is 5.65. The van der Waals surface area contributed by atoms with Gasteiger partial charge < -0.3 is 15.5 Å². The Labute approximate surface area is 159 Å². The zero-order valence-corrected chi connectivity index (χ0v) is 16.0. The summed E-state index contributed by atoms with van der Waals surface area (Å²) in [6.07, 6.45) is 0.830. The van der Waals surface area contributed by atoms with Crippen LogP contribution in [0.4, 0.5) is 11.4 Å². The van der Waals surface area contributed by atoms with Crippen LogP contribution in [-0.4, -0.2) is 37.7 Å². The number of para-hydroxylation sites is 2. The van der Waals surface area contributed by atoms with Crippen LogP contribution in [0.15, 0.2) is 48.5 Å². The van der Waals surface area contributed by atoms with Crippen LogP contribution in [0.1, 0.15) is 29.8 Å². The Kier molecular flexibility index (Phi) is 7.25. The first kappa shape index (κ1) is 20.3. The quantitative estimate of drug-likeness (QED) is 0.619. The van der Waals surface area contributed by atoms with E-state index in [9.17, 15) is 14.4 Å². The first-order valence-corrected chi connectivity index (χ1v) is 8.99. The molecule has 0 aliphatic heterocycles. The molecule has 0 saturated carbocycles. The van der Waals surface area contributed by atoms with Gasteiger partial charge in [-0.3, -0.25) is 14.4 Å². The summed E-state index contributed by atoms with van der Waals surface area (Å²) >= 11 is 0. The van der Waals surface area contributed by atoms with Crippen molar-refractivity contribution in [2.45, 2.75) is 20.3 Å². The summed E-state index contributed by atoms with van der Waals surface area (Å²) in [5.41, 5.74) is 2.83. The highest BCUT2D eigenvalue weighted by Gasteiger charge is 2.16. The van der Waals surface area contributed by atoms with Crippen molar-refractivity contribution >= 4 is 29.0 Å². The second-order valence-corrected chi connectivity index (χ2v) is 6.52. The smallest absolute Gasteiger partial charge is 0.279 e. The molecule has 0 fully saturated rings. The maximum Gasteiger partial charge on any atom is 0.279 e. The molecule has 2 amide bonds. The molecule has 6 nitrogen and oxygen atoms in total. The zero-order chi connectivity index (χ0) is 19.8. The lowest BCUT2D eigenvalue weighted by Crippen LogP contribution is -3.11. The largest absolute Gasteiger partial charge is 0.322 e. The average Bonchev–Trinajstić information content (AvgIpc) is 2.62. The number of quaternary nitrogens is 1. The summed E-state index contributed by atoms with van der Waals surface area (Å²) in [6.45, 7) is 3.78. The fourth-order valence-electron chi connectivity index (χ4n) is 2.85. The summed E-state index contributed by atoms with van der Waals surface area (Å²) in [7, 11) is 1.78. The molecule has 1 atom stereocenters. The second kappa shape index (κ2) is 9.64. The third kappa shape index (κ3) is 6.04. The van der Waals surface area contributed by atoms with Crippen LogP contribution in [0.2, 0.25) is 0 Å². The Morgan fingerprint density at radius 2 is 1.37 bits per heavy atom. The highest BCUT2D eigenvalue weighted by atomic mass is 16.2. The van der Waals surface area contributed by atoms with Gasteiger partial charge in [-0.25, -0.2) is 0 Å². The first-order valence-electron chi connectivity index (χ1n) is 8.99. The van der Waals surface area contributed by atoms with E-state index in [-0.39, 0.29) is 30.7 Å². The van der Waals surface area contributed by atoms with E-state index in [1.54, 1.807) is 31.3 Å². The van der Waals surface area contributed by atoms with Crippen molar-refractivity contribution in [3.05, 3.63) is 59.7 Å². The summed E-state index contributed by atoms with van der Waals surface area (Å²) < 4.78 is 0. The second-order valence-electron chi connectivity index (χ2n) is 6.52. The van der Waals surface area contributed by atoms with Crippen LogP contribution in [0, 0.1) is 0 Å². The highest BCUT2D eigenvalue weighted by Crippen LogP contribution is 2.15. The maximum atomic E-state index is 12.3. The molecule has 0 aliphatic rings. The highest BCUT2D eigenvalue weighted by molar-refractivity contribution is 6.03. The number of hydrogen-bond donors (Lipinski definition) is 3. The molecule has 0 radical (unpaired) electrons. The number of nitrogens with one attached hydrogen (secondary N) is 3. The third-order valence-corrected chi connectivity index (χ3v) is 4.18. The zero-order valence-electron chi connectivity index (χ0n) is 16.0. The van der Waals surface area contributed by atoms with E-state index in [1.165, 1.54) is 6.92 Å². The number of carbonyl (C=O) groups is 3. The van der Waals surface area contributed by atoms with Gasteiger partial charge in [0.1, 0.15) is 0 Å². The molecule has 6 heteroatoms. The van der Waals surface area contributed by atoms with Gasteiger partial charge in [0.05, 0.1) is 12.7 Å². The van der Waals surface area contributed by atoms with Crippen LogP contribution in [0.25, 0.3) is 0 Å². The van der Waals surface area contributed by atoms with E-state index in [1.807, 2.05) is 31.2 Å². The number of aryl methyl sites for hydroxylation is 1. The van der Waals surface area contributed by atoms with Crippen molar-refractivity contribution in [3.63, 3.8) is 0 Å². The average molecular weight is 368 g/mol. The van der Waals surface area contributed by atoms with E-state index in [0.717, 1.165) is 22.6 Å². The number of rotatable bonds is 8. The molecule has 0 spiro atoms. The predicted octanol–water partition coefficient (Wildman–Crippen LogP) is 1.54. The van der Waals surface area contributed by atoms with E-state index < -0.39 is 0 Å². The van der Waals surface area contributed by atoms with Crippen LogP contribution >= 0.6 is 0 Å². The molecule has 2 rings (SSSR count). The Balaban J connectivity index is 1.89. The van der Waals surface area contributed by atoms with Crippen LogP contribution in [-0.2, 0) is 16.0 Å². The lowest BCUT2D eigenvalue weighted by atomic mass is 10.1. The lowest BCUT2D eigenvalue weighted by Gasteiger charge is -2.15. The first-order chi connectivity index (χ1) is 12.9. The Hall–Kier alpha value is -2.99. The summed E-state index contributed by atoms with van der Waals surface area (Å²) in [6, 6.07) is 14.6. The topological polar surface area (TPSA) is 79.7 Å². The van der Waals surface area contributed by atoms with Gasteiger partial charge in [0.25, 0.3) is 11.8 Å². The number of ketones is 1. The van der Waals surface area contributed by atoms with Crippen LogP contribution < -0.4 is 15.5 Å². The molecule has 0 saturated heterocycles. The molecule has 2 aromatic rings. The number of Topliss-reactive ketones (excluding diaryl/α,β-unsaturated/α-hetero) is 1. The van der Waals surface area contributed by atoms with Crippen molar-refractivity contribution in [1.29, 1.82) is 0 Å². The molecule has 2 aromatic carbocycles. The SMILES string of the molecule is CCc1ccccc1NC(=O)C[NH+](C)CC(=O)Nc1ccccc1C(C)=O. The summed E-state index contributed by atoms with van der Waals surface area (Å²) in [5.74, 6) is -0.506. The molecular formula is C21H26N3O3+. The van der Waals surface area contributed by atoms with Crippen molar-refractivity contribution in [2.24, 2.45) is 0 Å². The van der Waals surface area contributed by atoms with E-state index >= 15 is 0 Å². The molecule has 0 aromatic heterocycles. The minimum atomic E-state index is -0.247. The minimum absolute atomic E-state index is 0.111. The molecular weight excluding hydrogens is 342 g/mol. The Bertz CT molecular complexity index is 833. The van der Waals surface area contributed by atoms with E-state index in [2.05, 4.69) is 10.6 Å². The number of carbonyl (C=O) groups excluding carboxylic acids is 3. The predicted molar refractivity (Wildman–Crippen MR) is 106 cm³/mol. The molecule has 1 unspecified atom stereocenters. The van der Waals surface area contributed by atoms with Gasteiger partial charge in [-0.1, -0.05) is 37.3 Å². The molecule has 142 valence electrons. The lowest BCUT2D eigenvalue weighted by molar-refractivity contribution is -0.862. The van der Waals surface area contributed by atoms with Crippen molar-refractivity contribution in [1.82, 2.24) is 0 Å². The van der Waals surface area contributed by atoms with Gasteiger partial charge in [0.2, 0.25) is 0 Å². The van der Waals surface area contributed by atoms with Gasteiger partial charge in [-0.2, -0.15) is 0 Å². The number of benzene rings is 2. The van der Waals surface area contributed by atoms with E-state index in [0.29, 0.717) is 11.3 Å². The van der Waals surface area contributed by atoms with Gasteiger partial charge >= 0.3 is 0 Å². The van der Waals surface area contributed by atoms with Crippen LogP contribution in [0.3, 0.4) is 0 Å². The number of hydrogen-bond acceptors (Lipinski definition) is 3. The molecule has 0 aliphatic carbocycles. The fourth-order valence-corrected chi connectivity index (χ4v) is 2.85. The van der Waals surface area contributed by atoms with Gasteiger partial charge in [0, 0.05) is 11.3 Å². The monoisotopic (exact) mass is 368 g/mol. The van der Waals surface area contributed by atoms with Gasteiger partial charge in [-0.05, 0) is 37.1 Å². The Morgan fingerprint density at radius 1 is 0.852 bits per heavy atom. The summed E-state index contributed by atoms with van der Waals surface area (Å²) in [4.78, 5) is 36.9. The van der Waals surface area contributed by atoms with Crippen molar-refractivity contribution in [2.75, 3.05) is 30.8 Å². The van der Waals surface area contributed by atoms with Crippen LogP contribution in [0.5, 0.6) is 0 Å². The normalized spacial score (nSPS) is 11.5. The minimum Gasteiger partial charge on any atom is -0.322 e. The molecule has 0 heterocycles. The van der Waals surface area contributed by atoms with Crippen molar-refractivity contribution < 1.29 is 19.3 Å². The fraction of sp³-hybridized carbons (Fsp3) is 0.286. The van der Waals surface area contributed by atoms with Gasteiger partial charge in [-0.15, -0.1) is 0 Å². The van der Waals surface area contributed by atoms with Gasteiger partial charge in [0.15, 0.2) is 18.9 Å². The number of amides is 2. The third-order valence-electron chi connectivity index (χ3n) is 4.18. The number of likely N-dealkylation sites (N-methyl/N-ethyl adjacent to an activating group) is 1. The van der Waals surface area contributed by atoms with Crippen molar-refractivity contribution in [3.8, 4) is 0 Å². The molecule has 3 N–H and O–H groups in total. The maximum absolute atomic E-state index is 12.3. The Morgan fingerprint density at radius 3 is 1.96 bits per heavy atom. The molecule has 27 heavy (non-hydrogen) atoms. The van der Waals surface area contributed by atoms with E-state index in [4.69, 9.17) is 0 Å². The standard InChI is InChI=1S/C21H25N3O3/c1-4-16-9-5-7-11-18(16)22-20(26)13-24(3)14-21(27)23-19-12-8-6-10-17(19)15(2)25/h5-12H,4,13-14H2,1-3H3,(H,22,26)(H,23,27)/p+1.